The number of ether oxygens (including phenoxy) is 12. The molecule has 44 heavy (non-hydrogen) atoms. The minimum atomic E-state index is -1.08. The van der Waals surface area contributed by atoms with Crippen molar-refractivity contribution in [3.05, 3.63) is 35.4 Å². The number of benzene rings is 1. The molecule has 0 radical (unpaired) electrons. The van der Waals surface area contributed by atoms with Crippen molar-refractivity contribution in [3.8, 4) is 0 Å². The Balaban J connectivity index is 1.03. The number of hydrogen-bond donors (Lipinski definition) is 0. The van der Waals surface area contributed by atoms with E-state index in [9.17, 15) is 0 Å². The zero-order valence-corrected chi connectivity index (χ0v) is 26.9. The van der Waals surface area contributed by atoms with Crippen molar-refractivity contribution in [3.63, 3.8) is 0 Å². The molecular weight excluding hydrogens is 576 g/mol. The highest BCUT2D eigenvalue weighted by Gasteiger charge is 2.64. The van der Waals surface area contributed by atoms with Crippen LogP contribution in [0.15, 0.2) is 24.3 Å². The van der Waals surface area contributed by atoms with E-state index in [1.165, 1.54) is 0 Å². The van der Waals surface area contributed by atoms with Gasteiger partial charge in [-0.3, -0.25) is 0 Å². The zero-order chi connectivity index (χ0) is 31.2. The first kappa shape index (κ1) is 31.3. The number of fused-ring (bicyclic) bond motifs is 2. The van der Waals surface area contributed by atoms with Crippen molar-refractivity contribution < 1.29 is 56.8 Å². The molecule has 6 aliphatic rings. The van der Waals surface area contributed by atoms with Gasteiger partial charge in [-0.2, -0.15) is 0 Å². The second-order valence-electron chi connectivity index (χ2n) is 14.4. The molecule has 246 valence electrons. The van der Waals surface area contributed by atoms with Gasteiger partial charge >= 0.3 is 0 Å². The summed E-state index contributed by atoms with van der Waals surface area (Å²) in [5.74, 6) is -5.27. The fourth-order valence-electron chi connectivity index (χ4n) is 7.08. The van der Waals surface area contributed by atoms with E-state index in [2.05, 4.69) is 0 Å². The van der Waals surface area contributed by atoms with E-state index < -0.39 is 46.9 Å². The van der Waals surface area contributed by atoms with Gasteiger partial charge in [0, 0.05) is 0 Å². The predicted octanol–water partition coefficient (Wildman–Crippen LogP) is 3.52. The molecule has 6 fully saturated rings. The van der Waals surface area contributed by atoms with Crippen molar-refractivity contribution in [2.45, 2.75) is 140 Å². The Labute approximate surface area is 258 Å². The molecule has 0 N–H and O–H groups in total. The summed E-state index contributed by atoms with van der Waals surface area (Å²) in [6.07, 6.45) is -2.37. The molecular formula is C32H46O12. The average Bonchev–Trinajstić information content (AvgIpc) is 3.62. The van der Waals surface area contributed by atoms with E-state index in [0.29, 0.717) is 26.4 Å². The maximum Gasteiger partial charge on any atom is 0.224 e. The van der Waals surface area contributed by atoms with E-state index in [-0.39, 0.29) is 37.6 Å². The minimum absolute atomic E-state index is 0.236. The van der Waals surface area contributed by atoms with Gasteiger partial charge in [0.2, 0.25) is 11.6 Å². The first-order chi connectivity index (χ1) is 20.6. The quantitative estimate of drug-likeness (QED) is 0.463. The summed E-state index contributed by atoms with van der Waals surface area (Å²) in [5, 5.41) is 0. The van der Waals surface area contributed by atoms with Crippen LogP contribution in [0.2, 0.25) is 0 Å². The van der Waals surface area contributed by atoms with Gasteiger partial charge in [0.05, 0.1) is 26.4 Å². The zero-order valence-electron chi connectivity index (χ0n) is 26.9. The smallest absolute Gasteiger partial charge is 0.224 e. The van der Waals surface area contributed by atoms with Crippen LogP contribution in [0.5, 0.6) is 0 Å². The van der Waals surface area contributed by atoms with Crippen LogP contribution >= 0.6 is 0 Å². The predicted molar refractivity (Wildman–Crippen MR) is 151 cm³/mol. The van der Waals surface area contributed by atoms with E-state index >= 15 is 0 Å². The molecule has 6 saturated heterocycles. The largest absolute Gasteiger partial charge is 0.365 e. The molecule has 7 rings (SSSR count). The first-order valence-corrected chi connectivity index (χ1v) is 15.6. The van der Waals surface area contributed by atoms with Crippen molar-refractivity contribution >= 4 is 0 Å². The molecule has 0 aromatic heterocycles. The van der Waals surface area contributed by atoms with E-state index in [4.69, 9.17) is 56.8 Å². The topological polar surface area (TPSA) is 111 Å². The lowest BCUT2D eigenvalue weighted by molar-refractivity contribution is -0.336. The van der Waals surface area contributed by atoms with Crippen molar-refractivity contribution in [2.24, 2.45) is 0 Å². The van der Waals surface area contributed by atoms with Crippen LogP contribution < -0.4 is 0 Å². The summed E-state index contributed by atoms with van der Waals surface area (Å²) in [4.78, 5) is 0. The Morgan fingerprint density at radius 1 is 0.545 bits per heavy atom. The normalized spacial score (nSPS) is 43.0. The van der Waals surface area contributed by atoms with Gasteiger partial charge in [-0.25, -0.2) is 0 Å². The Morgan fingerprint density at radius 3 is 1.27 bits per heavy atom. The Hall–Kier alpha value is -1.26. The third-order valence-corrected chi connectivity index (χ3v) is 8.85. The Kier molecular flexibility index (Phi) is 7.57. The standard InChI is InChI=1S/C32H46O12/c1-27(2)37-17-31(43-27)25(23-21(15-35-31)39-29(5,6)41-23)33-13-19-9-11-20(12-10-19)14-34-26-24-22(40-30(7,8)42-24)16-36-32(26)18-38-28(3,4)44-32/h9-12,21-26H,13-18H2,1-8H3/t21-,22-,23-,24-,25+,26+,31+,32+/m1/s1. The molecule has 8 atom stereocenters. The van der Waals surface area contributed by atoms with Gasteiger partial charge in [0.25, 0.3) is 0 Å². The first-order valence-electron chi connectivity index (χ1n) is 15.6. The lowest BCUT2D eigenvalue weighted by Crippen LogP contribution is -2.62. The van der Waals surface area contributed by atoms with Gasteiger partial charge in [-0.1, -0.05) is 24.3 Å². The van der Waals surface area contributed by atoms with Crippen LogP contribution in [0.4, 0.5) is 0 Å². The molecule has 0 aliphatic carbocycles. The van der Waals surface area contributed by atoms with Crippen LogP contribution in [-0.4, -0.2) is 97.8 Å². The van der Waals surface area contributed by atoms with Gasteiger partial charge in [0.15, 0.2) is 23.1 Å². The second kappa shape index (κ2) is 10.6. The van der Waals surface area contributed by atoms with Gasteiger partial charge in [-0.15, -0.1) is 0 Å². The van der Waals surface area contributed by atoms with Crippen LogP contribution in [0.25, 0.3) is 0 Å². The molecule has 0 unspecified atom stereocenters. The monoisotopic (exact) mass is 622 g/mol. The fourth-order valence-corrected chi connectivity index (χ4v) is 7.08. The van der Waals surface area contributed by atoms with Crippen molar-refractivity contribution in [1.82, 2.24) is 0 Å². The second-order valence-corrected chi connectivity index (χ2v) is 14.4. The highest BCUT2D eigenvalue weighted by molar-refractivity contribution is 5.22. The molecule has 12 heteroatoms. The molecule has 0 bridgehead atoms. The lowest BCUT2D eigenvalue weighted by atomic mass is 9.97. The number of rotatable bonds is 6. The summed E-state index contributed by atoms with van der Waals surface area (Å²) in [5.41, 5.74) is 1.95. The molecule has 0 saturated carbocycles. The SMILES string of the molecule is CC1(C)O[C@@H]2[C@@H](CO[C@]3(COC(C)(C)O3)[C@H]2OCc2ccc(CO[C@H]3[C@@H]4OC(C)(C)O[C@@H]4CO[C@]34COC(C)(C)O4)cc2)O1. The van der Waals surface area contributed by atoms with Crippen LogP contribution in [0, 0.1) is 0 Å². The van der Waals surface area contributed by atoms with E-state index in [1.54, 1.807) is 0 Å². The van der Waals surface area contributed by atoms with Crippen molar-refractivity contribution in [2.75, 3.05) is 26.4 Å². The highest BCUT2D eigenvalue weighted by Crippen LogP contribution is 2.47. The highest BCUT2D eigenvalue weighted by atomic mass is 16.9. The summed E-state index contributed by atoms with van der Waals surface area (Å²) in [6, 6.07) is 8.08. The van der Waals surface area contributed by atoms with Gasteiger partial charge in [0.1, 0.15) is 49.8 Å². The lowest BCUT2D eigenvalue weighted by Gasteiger charge is -2.44. The van der Waals surface area contributed by atoms with Crippen LogP contribution in [0.1, 0.15) is 66.5 Å². The van der Waals surface area contributed by atoms with Crippen LogP contribution in [0.3, 0.4) is 0 Å². The van der Waals surface area contributed by atoms with E-state index in [1.807, 2.05) is 79.7 Å². The summed E-state index contributed by atoms with van der Waals surface area (Å²) in [6.45, 7) is 16.8. The third-order valence-electron chi connectivity index (χ3n) is 8.85. The average molecular weight is 623 g/mol. The number of hydrogen-bond acceptors (Lipinski definition) is 12. The Bertz CT molecular complexity index is 1120. The fraction of sp³-hybridized carbons (Fsp3) is 0.812. The maximum atomic E-state index is 6.51. The van der Waals surface area contributed by atoms with Crippen molar-refractivity contribution in [1.29, 1.82) is 0 Å². The summed E-state index contributed by atoms with van der Waals surface area (Å²) in [7, 11) is 0. The van der Waals surface area contributed by atoms with E-state index in [0.717, 1.165) is 11.1 Å². The summed E-state index contributed by atoms with van der Waals surface area (Å²) < 4.78 is 74.6. The Morgan fingerprint density at radius 2 is 0.932 bits per heavy atom. The minimum Gasteiger partial charge on any atom is -0.365 e. The van der Waals surface area contributed by atoms with Crippen LogP contribution in [-0.2, 0) is 70.1 Å². The molecule has 1 aromatic rings. The molecule has 2 spiro atoms. The molecule has 6 heterocycles. The maximum absolute atomic E-state index is 6.51. The third kappa shape index (κ3) is 5.86. The van der Waals surface area contributed by atoms with Gasteiger partial charge in [-0.05, 0) is 66.5 Å². The summed E-state index contributed by atoms with van der Waals surface area (Å²) >= 11 is 0. The molecule has 6 aliphatic heterocycles. The molecule has 1 aromatic carbocycles. The molecule has 12 nitrogen and oxygen atoms in total. The molecule has 0 amide bonds. The van der Waals surface area contributed by atoms with Gasteiger partial charge < -0.3 is 56.8 Å².